The van der Waals surface area contributed by atoms with Crippen LogP contribution in [0.3, 0.4) is 0 Å². The topological polar surface area (TPSA) is 65.4 Å². The van der Waals surface area contributed by atoms with Crippen LogP contribution in [0.5, 0.6) is 5.75 Å². The Morgan fingerprint density at radius 1 is 1.20 bits per heavy atom. The molecule has 5 nitrogen and oxygen atoms in total. The van der Waals surface area contributed by atoms with E-state index in [1.807, 2.05) is 0 Å². The number of aromatic nitrogens is 1. The average molecular weight is 361 g/mol. The highest BCUT2D eigenvalue weighted by atomic mass is 32.2. The number of ether oxygens (including phenoxy) is 1. The van der Waals surface area contributed by atoms with Crippen molar-refractivity contribution in [2.75, 3.05) is 7.11 Å². The highest BCUT2D eigenvalue weighted by molar-refractivity contribution is 7.90. The van der Waals surface area contributed by atoms with Crippen LogP contribution in [-0.2, 0) is 21.2 Å². The summed E-state index contributed by atoms with van der Waals surface area (Å²) >= 11 is 0. The van der Waals surface area contributed by atoms with Gasteiger partial charge < -0.3 is 9.53 Å². The molecule has 0 amide bonds. The molecule has 0 aliphatic carbocycles. The molecule has 25 heavy (non-hydrogen) atoms. The van der Waals surface area contributed by atoms with E-state index in [-0.39, 0.29) is 11.3 Å². The maximum Gasteiger partial charge on any atom is 0.268 e. The molecular formula is C18H16FNO4S. The predicted molar refractivity (Wildman–Crippen MR) is 91.9 cm³/mol. The molecule has 0 atom stereocenters. The first-order valence-corrected chi connectivity index (χ1v) is 9.04. The van der Waals surface area contributed by atoms with Crippen LogP contribution in [0.25, 0.3) is 10.9 Å². The van der Waals surface area contributed by atoms with Gasteiger partial charge in [0.15, 0.2) is 0 Å². The van der Waals surface area contributed by atoms with Crippen LogP contribution < -0.4 is 4.74 Å². The number of carbonyl (C=O) groups excluding carboxylic acids is 1. The number of fused-ring (bicyclic) bond motifs is 1. The summed E-state index contributed by atoms with van der Waals surface area (Å²) in [6.07, 6.45) is 2.94. The van der Waals surface area contributed by atoms with Crippen molar-refractivity contribution >= 4 is 27.2 Å². The minimum absolute atomic E-state index is 0.137. The summed E-state index contributed by atoms with van der Waals surface area (Å²) in [7, 11) is -2.44. The molecule has 0 unspecified atom stereocenters. The minimum Gasteiger partial charge on any atom is -0.497 e. The standard InChI is InChI=1S/C18H16FNO4S/c1-24-15-7-8-18-17(11-15)13(4-3-9-21)12-20(18)25(22,23)16-6-2-5-14(19)10-16/h2,5-12H,3-4H2,1H3. The molecule has 0 saturated carbocycles. The molecule has 3 rings (SSSR count). The summed E-state index contributed by atoms with van der Waals surface area (Å²) in [4.78, 5) is 10.6. The first kappa shape index (κ1) is 17.2. The third-order valence-electron chi connectivity index (χ3n) is 3.94. The van der Waals surface area contributed by atoms with E-state index in [4.69, 9.17) is 4.74 Å². The van der Waals surface area contributed by atoms with E-state index < -0.39 is 15.8 Å². The summed E-state index contributed by atoms with van der Waals surface area (Å²) in [6, 6.07) is 9.89. The number of halogens is 1. The Bertz CT molecular complexity index is 1040. The third kappa shape index (κ3) is 3.15. The number of benzene rings is 2. The highest BCUT2D eigenvalue weighted by Gasteiger charge is 2.22. The molecule has 0 saturated heterocycles. The number of nitrogens with zero attached hydrogens (tertiary/aromatic N) is 1. The lowest BCUT2D eigenvalue weighted by atomic mass is 10.1. The minimum atomic E-state index is -3.96. The average Bonchev–Trinajstić information content (AvgIpc) is 2.98. The van der Waals surface area contributed by atoms with E-state index in [1.54, 1.807) is 18.2 Å². The summed E-state index contributed by atoms with van der Waals surface area (Å²) in [5.74, 6) is -0.0406. The predicted octanol–water partition coefficient (Wildman–Crippen LogP) is 3.16. The molecule has 2 aromatic carbocycles. The maximum absolute atomic E-state index is 13.5. The van der Waals surface area contributed by atoms with Gasteiger partial charge in [0.2, 0.25) is 0 Å². The van der Waals surface area contributed by atoms with Crippen LogP contribution >= 0.6 is 0 Å². The molecule has 0 aliphatic rings. The van der Waals surface area contributed by atoms with Gasteiger partial charge in [-0.1, -0.05) is 6.07 Å². The zero-order valence-electron chi connectivity index (χ0n) is 13.5. The van der Waals surface area contributed by atoms with Crippen LogP contribution in [0.1, 0.15) is 12.0 Å². The number of rotatable bonds is 6. The normalized spacial score (nSPS) is 11.6. The molecule has 130 valence electrons. The number of aryl methyl sites for hydroxylation is 1. The smallest absolute Gasteiger partial charge is 0.268 e. The van der Waals surface area contributed by atoms with Gasteiger partial charge in [-0.05, 0) is 48.4 Å². The summed E-state index contributed by atoms with van der Waals surface area (Å²) in [5.41, 5.74) is 1.16. The maximum atomic E-state index is 13.5. The fourth-order valence-corrected chi connectivity index (χ4v) is 4.15. The molecule has 1 aromatic heterocycles. The molecule has 1 heterocycles. The van der Waals surface area contributed by atoms with Crippen molar-refractivity contribution in [1.82, 2.24) is 3.97 Å². The Morgan fingerprint density at radius 3 is 2.68 bits per heavy atom. The zero-order chi connectivity index (χ0) is 18.0. The summed E-state index contributed by atoms with van der Waals surface area (Å²) in [5, 5.41) is 0.682. The summed E-state index contributed by atoms with van der Waals surface area (Å²) < 4.78 is 45.7. The lowest BCUT2D eigenvalue weighted by molar-refractivity contribution is -0.107. The zero-order valence-corrected chi connectivity index (χ0v) is 14.3. The fraction of sp³-hybridized carbons (Fsp3) is 0.167. The molecular weight excluding hydrogens is 345 g/mol. The number of methoxy groups -OCH3 is 1. The fourth-order valence-electron chi connectivity index (χ4n) is 2.73. The van der Waals surface area contributed by atoms with Gasteiger partial charge in [0, 0.05) is 18.0 Å². The van der Waals surface area contributed by atoms with Crippen molar-refractivity contribution in [3.8, 4) is 5.75 Å². The van der Waals surface area contributed by atoms with Gasteiger partial charge in [-0.3, -0.25) is 0 Å². The molecule has 0 aliphatic heterocycles. The van der Waals surface area contributed by atoms with Gasteiger partial charge in [-0.15, -0.1) is 0 Å². The lowest BCUT2D eigenvalue weighted by Gasteiger charge is -2.08. The Labute approximate surface area is 144 Å². The Kier molecular flexibility index (Phi) is 4.59. The number of aldehydes is 1. The molecule has 0 N–H and O–H groups in total. The van der Waals surface area contributed by atoms with Crippen molar-refractivity contribution in [2.24, 2.45) is 0 Å². The first-order valence-electron chi connectivity index (χ1n) is 7.60. The lowest BCUT2D eigenvalue weighted by Crippen LogP contribution is -2.12. The highest BCUT2D eigenvalue weighted by Crippen LogP contribution is 2.30. The van der Waals surface area contributed by atoms with Gasteiger partial charge in [-0.25, -0.2) is 16.8 Å². The van der Waals surface area contributed by atoms with Gasteiger partial charge in [0.25, 0.3) is 10.0 Å². The van der Waals surface area contributed by atoms with Gasteiger partial charge in [0.1, 0.15) is 17.9 Å². The van der Waals surface area contributed by atoms with E-state index in [0.29, 0.717) is 28.6 Å². The number of hydrogen-bond donors (Lipinski definition) is 0. The SMILES string of the molecule is COc1ccc2c(c1)c(CCC=O)cn2S(=O)(=O)c1cccc(F)c1. The second-order valence-electron chi connectivity index (χ2n) is 5.50. The largest absolute Gasteiger partial charge is 0.497 e. The van der Waals surface area contributed by atoms with Crippen LogP contribution in [-0.4, -0.2) is 25.8 Å². The first-order chi connectivity index (χ1) is 12.0. The number of carbonyl (C=O) groups is 1. The molecule has 3 aromatic rings. The monoisotopic (exact) mass is 361 g/mol. The van der Waals surface area contributed by atoms with E-state index >= 15 is 0 Å². The molecule has 7 heteroatoms. The third-order valence-corrected chi connectivity index (χ3v) is 5.61. The molecule has 0 radical (unpaired) electrons. The molecule has 0 fully saturated rings. The van der Waals surface area contributed by atoms with Crippen LogP contribution in [0.4, 0.5) is 4.39 Å². The Balaban J connectivity index is 2.23. The second-order valence-corrected chi connectivity index (χ2v) is 7.32. The van der Waals surface area contributed by atoms with E-state index in [2.05, 4.69) is 0 Å². The molecule has 0 spiro atoms. The summed E-state index contributed by atoms with van der Waals surface area (Å²) in [6.45, 7) is 0. The van der Waals surface area contributed by atoms with Crippen molar-refractivity contribution in [2.45, 2.75) is 17.7 Å². The Morgan fingerprint density at radius 2 is 2.00 bits per heavy atom. The quantitative estimate of drug-likeness (QED) is 0.633. The van der Waals surface area contributed by atoms with Crippen LogP contribution in [0.15, 0.2) is 53.6 Å². The van der Waals surface area contributed by atoms with E-state index in [0.717, 1.165) is 16.3 Å². The van der Waals surface area contributed by atoms with Gasteiger partial charge in [-0.2, -0.15) is 0 Å². The van der Waals surface area contributed by atoms with E-state index in [9.17, 15) is 17.6 Å². The van der Waals surface area contributed by atoms with Crippen LogP contribution in [0, 0.1) is 5.82 Å². The van der Waals surface area contributed by atoms with Crippen molar-refractivity contribution in [1.29, 1.82) is 0 Å². The van der Waals surface area contributed by atoms with Gasteiger partial charge >= 0.3 is 0 Å². The molecule has 0 bridgehead atoms. The van der Waals surface area contributed by atoms with E-state index in [1.165, 1.54) is 31.5 Å². The van der Waals surface area contributed by atoms with Crippen LogP contribution in [0.2, 0.25) is 0 Å². The Hall–Kier alpha value is -2.67. The number of hydrogen-bond acceptors (Lipinski definition) is 4. The second kappa shape index (κ2) is 6.68. The van der Waals surface area contributed by atoms with Crippen molar-refractivity contribution in [3.05, 3.63) is 60.0 Å². The van der Waals surface area contributed by atoms with Crippen molar-refractivity contribution < 1.29 is 22.3 Å². The van der Waals surface area contributed by atoms with Gasteiger partial charge in [0.05, 0.1) is 17.5 Å². The van der Waals surface area contributed by atoms with Crippen molar-refractivity contribution in [3.63, 3.8) is 0 Å².